The molecule has 0 aromatic carbocycles. The molecular weight excluding hydrogens is 219 g/mol. The third-order valence-corrected chi connectivity index (χ3v) is 3.79. The lowest BCUT2D eigenvalue weighted by atomic mass is 10.2. The van der Waals surface area contributed by atoms with Gasteiger partial charge in [0.1, 0.15) is 0 Å². The highest BCUT2D eigenvalue weighted by Gasteiger charge is 2.33. The van der Waals surface area contributed by atoms with Gasteiger partial charge in [-0.2, -0.15) is 0 Å². The van der Waals surface area contributed by atoms with Crippen molar-refractivity contribution in [1.29, 1.82) is 0 Å². The van der Waals surface area contributed by atoms with Crippen LogP contribution in [0.3, 0.4) is 0 Å². The summed E-state index contributed by atoms with van der Waals surface area (Å²) >= 11 is 0. The normalized spacial score (nSPS) is 26.1. The van der Waals surface area contributed by atoms with Gasteiger partial charge in [-0.15, -0.1) is 0 Å². The van der Waals surface area contributed by atoms with Crippen molar-refractivity contribution < 1.29 is 23.5 Å². The summed E-state index contributed by atoms with van der Waals surface area (Å²) in [5.41, 5.74) is 0. The molecule has 0 saturated carbocycles. The lowest BCUT2D eigenvalue weighted by Crippen LogP contribution is -2.40. The number of rotatable bonds is 4. The highest BCUT2D eigenvalue weighted by atomic mass is 31.2. The fourth-order valence-electron chi connectivity index (χ4n) is 1.41. The topological polar surface area (TPSA) is 65.0 Å². The predicted molar refractivity (Wildman–Crippen MR) is 55.8 cm³/mol. The van der Waals surface area contributed by atoms with E-state index in [0.29, 0.717) is 13.2 Å². The van der Waals surface area contributed by atoms with Crippen molar-refractivity contribution in [3.05, 3.63) is 0 Å². The van der Waals surface area contributed by atoms with E-state index in [1.165, 1.54) is 0 Å². The van der Waals surface area contributed by atoms with Gasteiger partial charge in [0, 0.05) is 5.92 Å². The Kier molecular flexibility index (Phi) is 4.32. The van der Waals surface area contributed by atoms with Crippen molar-refractivity contribution in [3.8, 4) is 0 Å². The molecule has 0 amide bonds. The molecule has 0 aliphatic carbocycles. The second-order valence-electron chi connectivity index (χ2n) is 4.13. The van der Waals surface area contributed by atoms with Crippen molar-refractivity contribution >= 4 is 7.60 Å². The summed E-state index contributed by atoms with van der Waals surface area (Å²) in [7, 11) is -3.46. The Hall–Kier alpha value is 0.0700. The quantitative estimate of drug-likeness (QED) is 0.754. The van der Waals surface area contributed by atoms with Crippen LogP contribution in [0.2, 0.25) is 0 Å². The largest absolute Gasteiger partial charge is 0.350 e. The monoisotopic (exact) mass is 238 g/mol. The minimum Gasteiger partial charge on any atom is -0.350 e. The Morgan fingerprint density at radius 2 is 2.00 bits per heavy atom. The Balaban J connectivity index is 2.39. The maximum atomic E-state index is 11.5. The second-order valence-corrected chi connectivity index (χ2v) is 6.02. The molecule has 1 aliphatic rings. The molecule has 1 aliphatic heterocycles. The first kappa shape index (κ1) is 13.1. The van der Waals surface area contributed by atoms with Gasteiger partial charge in [-0.25, -0.2) is 0 Å². The first-order valence-electron chi connectivity index (χ1n) is 5.09. The summed E-state index contributed by atoms with van der Waals surface area (Å²) in [5.74, 6) is -0.651. The van der Waals surface area contributed by atoms with E-state index < -0.39 is 13.4 Å². The van der Waals surface area contributed by atoms with Gasteiger partial charge in [-0.3, -0.25) is 4.57 Å². The lowest BCUT2D eigenvalue weighted by Gasteiger charge is -2.35. The zero-order chi connectivity index (χ0) is 11.5. The highest BCUT2D eigenvalue weighted by Crippen LogP contribution is 2.44. The smallest absolute Gasteiger partial charge is 0.328 e. The van der Waals surface area contributed by atoms with Crippen LogP contribution in [0.4, 0.5) is 0 Å². The number of hydrogen-bond acceptors (Lipinski definition) is 4. The van der Waals surface area contributed by atoms with E-state index in [4.69, 9.17) is 14.0 Å². The van der Waals surface area contributed by atoms with Crippen LogP contribution in [-0.2, 0) is 18.6 Å². The van der Waals surface area contributed by atoms with Crippen molar-refractivity contribution in [2.45, 2.75) is 26.6 Å². The molecule has 1 heterocycles. The Morgan fingerprint density at radius 3 is 2.47 bits per heavy atom. The van der Waals surface area contributed by atoms with Gasteiger partial charge in [-0.1, -0.05) is 0 Å². The van der Waals surface area contributed by atoms with Gasteiger partial charge in [-0.05, 0) is 20.8 Å². The SMILES string of the molecule is CCOP(=O)(O)CC1COC(C)(C)OC1. The molecule has 1 atom stereocenters. The summed E-state index contributed by atoms with van der Waals surface area (Å²) in [4.78, 5) is 9.42. The average molecular weight is 238 g/mol. The molecule has 0 bridgehead atoms. The van der Waals surface area contributed by atoms with Gasteiger partial charge in [0.05, 0.1) is 26.0 Å². The molecule has 0 aromatic heterocycles. The molecule has 0 aromatic rings. The van der Waals surface area contributed by atoms with Crippen LogP contribution in [0.15, 0.2) is 0 Å². The molecule has 1 N–H and O–H groups in total. The molecule has 15 heavy (non-hydrogen) atoms. The predicted octanol–water partition coefficient (Wildman–Crippen LogP) is 1.61. The minimum atomic E-state index is -3.46. The van der Waals surface area contributed by atoms with Crippen LogP contribution < -0.4 is 0 Å². The summed E-state index contributed by atoms with van der Waals surface area (Å²) in [6.45, 7) is 6.46. The molecule has 1 rings (SSSR count). The summed E-state index contributed by atoms with van der Waals surface area (Å²) < 4.78 is 27.0. The standard InChI is InChI=1S/C9H19O5P/c1-4-14-15(10,11)7-8-5-12-9(2,3)13-6-8/h8H,4-7H2,1-3H3,(H,10,11). The second kappa shape index (κ2) is 4.93. The van der Waals surface area contributed by atoms with E-state index in [9.17, 15) is 9.46 Å². The van der Waals surface area contributed by atoms with Crippen LogP contribution >= 0.6 is 7.60 Å². The van der Waals surface area contributed by atoms with Gasteiger partial charge in [0.15, 0.2) is 5.79 Å². The molecule has 0 radical (unpaired) electrons. The fourth-order valence-corrected chi connectivity index (χ4v) is 2.79. The van der Waals surface area contributed by atoms with Gasteiger partial charge in [0.2, 0.25) is 0 Å². The Labute approximate surface area is 90.3 Å². The minimum absolute atomic E-state index is 0.0691. The molecule has 1 saturated heterocycles. The van der Waals surface area contributed by atoms with Crippen molar-refractivity contribution in [3.63, 3.8) is 0 Å². The Bertz CT molecular complexity index is 243. The zero-order valence-electron chi connectivity index (χ0n) is 9.43. The molecule has 5 nitrogen and oxygen atoms in total. The summed E-state index contributed by atoms with van der Waals surface area (Å²) in [6.07, 6.45) is 0.0942. The van der Waals surface area contributed by atoms with Crippen molar-refractivity contribution in [2.75, 3.05) is 26.0 Å². The molecule has 1 unspecified atom stereocenters. The average Bonchev–Trinajstić information content (AvgIpc) is 2.08. The zero-order valence-corrected chi connectivity index (χ0v) is 10.3. The van der Waals surface area contributed by atoms with Crippen LogP contribution in [0.5, 0.6) is 0 Å². The van der Waals surface area contributed by atoms with Crippen molar-refractivity contribution in [2.24, 2.45) is 5.92 Å². The maximum absolute atomic E-state index is 11.5. The van der Waals surface area contributed by atoms with Crippen LogP contribution in [0.25, 0.3) is 0 Å². The van der Waals surface area contributed by atoms with E-state index in [-0.39, 0.29) is 18.7 Å². The van der Waals surface area contributed by atoms with E-state index in [1.807, 2.05) is 13.8 Å². The summed E-state index contributed by atoms with van der Waals surface area (Å²) in [5, 5.41) is 0. The molecular formula is C9H19O5P. The highest BCUT2D eigenvalue weighted by molar-refractivity contribution is 7.52. The number of hydrogen-bond donors (Lipinski definition) is 1. The van der Waals surface area contributed by atoms with Crippen LogP contribution in [0.1, 0.15) is 20.8 Å². The summed E-state index contributed by atoms with van der Waals surface area (Å²) in [6, 6.07) is 0. The molecule has 1 fully saturated rings. The first-order valence-corrected chi connectivity index (χ1v) is 6.85. The lowest BCUT2D eigenvalue weighted by molar-refractivity contribution is -0.259. The third-order valence-electron chi connectivity index (χ3n) is 2.15. The maximum Gasteiger partial charge on any atom is 0.328 e. The first-order chi connectivity index (χ1) is 6.85. The fraction of sp³-hybridized carbons (Fsp3) is 1.00. The van der Waals surface area contributed by atoms with Gasteiger partial charge >= 0.3 is 7.60 Å². The van der Waals surface area contributed by atoms with E-state index in [1.54, 1.807) is 6.92 Å². The van der Waals surface area contributed by atoms with Gasteiger partial charge < -0.3 is 18.9 Å². The molecule has 90 valence electrons. The Morgan fingerprint density at radius 1 is 1.47 bits per heavy atom. The van der Waals surface area contributed by atoms with E-state index in [0.717, 1.165) is 0 Å². The van der Waals surface area contributed by atoms with E-state index in [2.05, 4.69) is 0 Å². The van der Waals surface area contributed by atoms with E-state index >= 15 is 0 Å². The molecule has 0 spiro atoms. The molecule has 6 heteroatoms. The third kappa shape index (κ3) is 4.62. The van der Waals surface area contributed by atoms with Crippen LogP contribution in [0, 0.1) is 5.92 Å². The van der Waals surface area contributed by atoms with Crippen LogP contribution in [-0.4, -0.2) is 36.7 Å². The van der Waals surface area contributed by atoms with Gasteiger partial charge in [0.25, 0.3) is 0 Å². The van der Waals surface area contributed by atoms with Crippen molar-refractivity contribution in [1.82, 2.24) is 0 Å². The number of ether oxygens (including phenoxy) is 2.